The Labute approximate surface area is 149 Å². The van der Waals surface area contributed by atoms with Crippen LogP contribution in [0.2, 0.25) is 10.0 Å². The van der Waals surface area contributed by atoms with Crippen molar-refractivity contribution in [1.82, 2.24) is 5.32 Å². The van der Waals surface area contributed by atoms with Gasteiger partial charge in [-0.3, -0.25) is 4.79 Å². The Balaban J connectivity index is 2.18. The zero-order valence-electron chi connectivity index (χ0n) is 13.3. The minimum atomic E-state index is -0.494. The lowest BCUT2D eigenvalue weighted by molar-refractivity contribution is 0.0939. The number of amides is 1. The fraction of sp³-hybridized carbons (Fsp3) is 0.235. The summed E-state index contributed by atoms with van der Waals surface area (Å²) in [5.74, 6) is -0.428. The maximum Gasteiger partial charge on any atom is 0.251 e. The van der Waals surface area contributed by atoms with Crippen LogP contribution in [-0.2, 0) is 0 Å². The van der Waals surface area contributed by atoms with Gasteiger partial charge >= 0.3 is 0 Å². The fourth-order valence-electron chi connectivity index (χ4n) is 2.20. The Morgan fingerprint density at radius 2 is 1.75 bits per heavy atom. The number of nitrogens with one attached hydrogen (secondary N) is 1. The van der Waals surface area contributed by atoms with E-state index in [1.165, 1.54) is 38.5 Å². The summed E-state index contributed by atoms with van der Waals surface area (Å²) in [5.41, 5.74) is 0.888. The number of methoxy groups -OCH3 is 2. The molecule has 2 aromatic carbocycles. The number of hydrogen-bond donors (Lipinski definition) is 1. The first-order valence-corrected chi connectivity index (χ1v) is 7.80. The van der Waals surface area contributed by atoms with E-state index >= 15 is 0 Å². The lowest BCUT2D eigenvalue weighted by Gasteiger charge is -2.16. The van der Waals surface area contributed by atoms with Gasteiger partial charge in [-0.1, -0.05) is 29.3 Å². The molecule has 0 aliphatic rings. The second-order valence-electron chi connectivity index (χ2n) is 5.06. The van der Waals surface area contributed by atoms with Crippen LogP contribution >= 0.6 is 23.2 Å². The van der Waals surface area contributed by atoms with Crippen molar-refractivity contribution in [2.24, 2.45) is 0 Å². The maximum atomic E-state index is 13.8. The Bertz CT molecular complexity index is 744. The van der Waals surface area contributed by atoms with Crippen molar-refractivity contribution >= 4 is 29.1 Å². The van der Waals surface area contributed by atoms with Crippen molar-refractivity contribution in [2.75, 3.05) is 14.2 Å². The second kappa shape index (κ2) is 7.73. The quantitative estimate of drug-likeness (QED) is 0.832. The van der Waals surface area contributed by atoms with Crippen molar-refractivity contribution in [2.45, 2.75) is 13.0 Å². The number of carbonyl (C=O) groups excluding carboxylic acids is 1. The van der Waals surface area contributed by atoms with Crippen molar-refractivity contribution in [3.63, 3.8) is 0 Å². The molecule has 0 aliphatic carbocycles. The predicted octanol–water partition coefficient (Wildman–Crippen LogP) is 4.64. The summed E-state index contributed by atoms with van der Waals surface area (Å²) in [7, 11) is 2.83. The number of ether oxygens (including phenoxy) is 2. The van der Waals surface area contributed by atoms with Crippen LogP contribution in [0.5, 0.6) is 11.5 Å². The van der Waals surface area contributed by atoms with E-state index in [4.69, 9.17) is 32.7 Å². The zero-order chi connectivity index (χ0) is 17.9. The number of halogens is 3. The van der Waals surface area contributed by atoms with Gasteiger partial charge < -0.3 is 14.8 Å². The number of rotatable bonds is 5. The molecule has 0 saturated carbocycles. The molecular weight excluding hydrogens is 356 g/mol. The summed E-state index contributed by atoms with van der Waals surface area (Å²) in [5, 5.41) is 3.23. The molecule has 2 aromatic rings. The first kappa shape index (κ1) is 18.4. The SMILES string of the molecule is COc1ccc([C@H](C)NC(=O)c2cc(Cl)c(OC)c(Cl)c2)cc1F. The molecule has 4 nitrogen and oxygen atoms in total. The van der Waals surface area contributed by atoms with Gasteiger partial charge in [-0.2, -0.15) is 0 Å². The molecule has 128 valence electrons. The highest BCUT2D eigenvalue weighted by atomic mass is 35.5. The number of hydrogen-bond acceptors (Lipinski definition) is 3. The first-order valence-electron chi connectivity index (χ1n) is 7.04. The molecule has 24 heavy (non-hydrogen) atoms. The molecule has 0 bridgehead atoms. The molecule has 1 atom stereocenters. The van der Waals surface area contributed by atoms with Crippen LogP contribution in [0.15, 0.2) is 30.3 Å². The standard InChI is InChI=1S/C17H16Cl2FNO3/c1-9(10-4-5-15(23-2)14(20)8-10)21-17(22)11-6-12(18)16(24-3)13(19)7-11/h4-9H,1-3H3,(H,21,22)/t9-/m0/s1. The predicted molar refractivity (Wildman–Crippen MR) is 91.8 cm³/mol. The lowest BCUT2D eigenvalue weighted by Crippen LogP contribution is -2.26. The van der Waals surface area contributed by atoms with Gasteiger partial charge in [0, 0.05) is 5.56 Å². The maximum absolute atomic E-state index is 13.8. The van der Waals surface area contributed by atoms with Gasteiger partial charge in [-0.05, 0) is 36.8 Å². The molecule has 7 heteroatoms. The Hall–Kier alpha value is -1.98. The fourth-order valence-corrected chi connectivity index (χ4v) is 2.84. The van der Waals surface area contributed by atoms with Gasteiger partial charge in [-0.15, -0.1) is 0 Å². The van der Waals surface area contributed by atoms with Crippen molar-refractivity contribution < 1.29 is 18.7 Å². The van der Waals surface area contributed by atoms with E-state index in [9.17, 15) is 9.18 Å². The van der Waals surface area contributed by atoms with Gasteiger partial charge in [0.25, 0.3) is 5.91 Å². The molecule has 0 unspecified atom stereocenters. The molecule has 0 heterocycles. The van der Waals surface area contributed by atoms with Crippen LogP contribution in [0.3, 0.4) is 0 Å². The summed E-state index contributed by atoms with van der Waals surface area (Å²) in [6.07, 6.45) is 0. The average Bonchev–Trinajstić information content (AvgIpc) is 2.54. The molecule has 2 rings (SSSR count). The smallest absolute Gasteiger partial charge is 0.251 e. The van der Waals surface area contributed by atoms with E-state index in [0.29, 0.717) is 11.3 Å². The summed E-state index contributed by atoms with van der Waals surface area (Å²) in [4.78, 5) is 12.4. The molecule has 0 aromatic heterocycles. The van der Waals surface area contributed by atoms with Gasteiger partial charge in [0.15, 0.2) is 17.3 Å². The van der Waals surface area contributed by atoms with E-state index in [-0.39, 0.29) is 27.3 Å². The van der Waals surface area contributed by atoms with Crippen LogP contribution in [0.1, 0.15) is 28.9 Å². The average molecular weight is 372 g/mol. The molecule has 0 aliphatic heterocycles. The third-order valence-corrected chi connectivity index (χ3v) is 4.05. The first-order chi connectivity index (χ1) is 11.4. The van der Waals surface area contributed by atoms with Crippen molar-refractivity contribution in [3.8, 4) is 11.5 Å². The minimum absolute atomic E-state index is 0.144. The summed E-state index contributed by atoms with van der Waals surface area (Å²) in [6.45, 7) is 1.74. The summed E-state index contributed by atoms with van der Waals surface area (Å²) < 4.78 is 23.7. The number of benzene rings is 2. The van der Waals surface area contributed by atoms with Crippen molar-refractivity contribution in [3.05, 3.63) is 57.3 Å². The third-order valence-electron chi connectivity index (χ3n) is 3.49. The number of carbonyl (C=O) groups is 1. The Kier molecular flexibility index (Phi) is 5.91. The van der Waals surface area contributed by atoms with Crippen LogP contribution in [0.25, 0.3) is 0 Å². The topological polar surface area (TPSA) is 47.6 Å². The zero-order valence-corrected chi connectivity index (χ0v) is 14.8. The third kappa shape index (κ3) is 3.91. The highest BCUT2D eigenvalue weighted by molar-refractivity contribution is 6.37. The van der Waals surface area contributed by atoms with Gasteiger partial charge in [0.2, 0.25) is 0 Å². The van der Waals surface area contributed by atoms with Crippen LogP contribution in [0.4, 0.5) is 4.39 Å². The Morgan fingerprint density at radius 3 is 2.25 bits per heavy atom. The van der Waals surface area contributed by atoms with Crippen LogP contribution < -0.4 is 14.8 Å². The monoisotopic (exact) mass is 371 g/mol. The van der Waals surface area contributed by atoms with E-state index in [0.717, 1.165) is 0 Å². The molecule has 0 spiro atoms. The lowest BCUT2D eigenvalue weighted by atomic mass is 10.1. The molecule has 0 saturated heterocycles. The summed E-state index contributed by atoms with van der Waals surface area (Å²) in [6, 6.07) is 7.01. The van der Waals surface area contributed by atoms with Crippen LogP contribution in [-0.4, -0.2) is 20.1 Å². The second-order valence-corrected chi connectivity index (χ2v) is 5.88. The molecule has 1 amide bonds. The van der Waals surface area contributed by atoms with E-state index in [1.807, 2.05) is 0 Å². The molecule has 1 N–H and O–H groups in total. The Morgan fingerprint density at radius 1 is 1.12 bits per heavy atom. The van der Waals surface area contributed by atoms with Gasteiger partial charge in [0.05, 0.1) is 30.3 Å². The van der Waals surface area contributed by atoms with Gasteiger partial charge in [-0.25, -0.2) is 4.39 Å². The van der Waals surface area contributed by atoms with Gasteiger partial charge in [0.1, 0.15) is 0 Å². The highest BCUT2D eigenvalue weighted by Gasteiger charge is 2.17. The van der Waals surface area contributed by atoms with E-state index < -0.39 is 11.9 Å². The van der Waals surface area contributed by atoms with Crippen LogP contribution in [0, 0.1) is 5.82 Å². The largest absolute Gasteiger partial charge is 0.494 e. The van der Waals surface area contributed by atoms with Crippen molar-refractivity contribution in [1.29, 1.82) is 0 Å². The molecule has 0 fully saturated rings. The summed E-state index contributed by atoms with van der Waals surface area (Å²) >= 11 is 12.1. The highest BCUT2D eigenvalue weighted by Crippen LogP contribution is 2.34. The minimum Gasteiger partial charge on any atom is -0.494 e. The normalized spacial score (nSPS) is 11.8. The molecular formula is C17H16Cl2FNO3. The van der Waals surface area contributed by atoms with E-state index in [1.54, 1.807) is 13.0 Å². The molecule has 0 radical (unpaired) electrons. The van der Waals surface area contributed by atoms with E-state index in [2.05, 4.69) is 5.32 Å².